The Labute approximate surface area is 105 Å². The van der Waals surface area contributed by atoms with Gasteiger partial charge >= 0.3 is 0 Å². The van der Waals surface area contributed by atoms with Gasteiger partial charge in [0.05, 0.1) is 12.4 Å². The topological polar surface area (TPSA) is 96.9 Å². The average molecular weight is 250 g/mol. The Morgan fingerprint density at radius 2 is 2.33 bits per heavy atom. The zero-order chi connectivity index (χ0) is 13.0. The second kappa shape index (κ2) is 5.74. The lowest BCUT2D eigenvalue weighted by molar-refractivity contribution is 0.346. The summed E-state index contributed by atoms with van der Waals surface area (Å²) in [7, 11) is 4.01. The second-order valence-corrected chi connectivity index (χ2v) is 4.49. The number of hydrogen-bond donors (Lipinski definition) is 2. The maximum absolute atomic E-state index is 6.00. The number of aromatic nitrogens is 4. The van der Waals surface area contributed by atoms with E-state index in [1.165, 1.54) is 0 Å². The number of nitrogens with one attached hydrogen (secondary N) is 1. The highest BCUT2D eigenvalue weighted by Crippen LogP contribution is 2.12. The van der Waals surface area contributed by atoms with Gasteiger partial charge in [-0.3, -0.25) is 0 Å². The van der Waals surface area contributed by atoms with Gasteiger partial charge in [-0.15, -0.1) is 0 Å². The largest absolute Gasteiger partial charge is 0.348 e. The van der Waals surface area contributed by atoms with Crippen LogP contribution < -0.4 is 5.73 Å². The zero-order valence-electron chi connectivity index (χ0n) is 10.6. The standard InChI is InChI=1S/C11H18N6O/c1-17(2)4-3-10-15-11(18-16-10)9(12)5-8-6-13-7-14-8/h6-7,9H,3-5,12H2,1-2H3,(H,13,14)/t9-/m1/s1. The highest BCUT2D eigenvalue weighted by Gasteiger charge is 2.15. The van der Waals surface area contributed by atoms with E-state index >= 15 is 0 Å². The molecule has 0 fully saturated rings. The van der Waals surface area contributed by atoms with E-state index in [9.17, 15) is 0 Å². The summed E-state index contributed by atoms with van der Waals surface area (Å²) < 4.78 is 5.17. The summed E-state index contributed by atoms with van der Waals surface area (Å²) in [5.74, 6) is 1.16. The molecule has 0 saturated heterocycles. The molecule has 0 amide bonds. The van der Waals surface area contributed by atoms with Crippen LogP contribution in [-0.4, -0.2) is 45.6 Å². The molecule has 18 heavy (non-hydrogen) atoms. The van der Waals surface area contributed by atoms with Gasteiger partial charge in [0.2, 0.25) is 5.89 Å². The van der Waals surface area contributed by atoms with Crippen molar-refractivity contribution in [2.75, 3.05) is 20.6 Å². The van der Waals surface area contributed by atoms with Crippen molar-refractivity contribution in [2.24, 2.45) is 5.73 Å². The summed E-state index contributed by atoms with van der Waals surface area (Å²) >= 11 is 0. The minimum absolute atomic E-state index is 0.300. The lowest BCUT2D eigenvalue weighted by atomic mass is 10.2. The Morgan fingerprint density at radius 3 is 3.00 bits per heavy atom. The van der Waals surface area contributed by atoms with Gasteiger partial charge in [-0.25, -0.2) is 4.98 Å². The van der Waals surface area contributed by atoms with Crippen LogP contribution in [0, 0.1) is 0 Å². The van der Waals surface area contributed by atoms with Gasteiger partial charge in [0, 0.05) is 31.3 Å². The highest BCUT2D eigenvalue weighted by molar-refractivity contribution is 5.02. The van der Waals surface area contributed by atoms with Crippen molar-refractivity contribution in [3.8, 4) is 0 Å². The van der Waals surface area contributed by atoms with Crippen LogP contribution in [0.25, 0.3) is 0 Å². The molecule has 2 aromatic rings. The molecule has 0 saturated carbocycles. The Bertz CT molecular complexity index is 464. The van der Waals surface area contributed by atoms with Gasteiger partial charge < -0.3 is 20.1 Å². The Morgan fingerprint density at radius 1 is 1.50 bits per heavy atom. The monoisotopic (exact) mass is 250 g/mol. The summed E-state index contributed by atoms with van der Waals surface area (Å²) in [5.41, 5.74) is 6.96. The van der Waals surface area contributed by atoms with Crippen molar-refractivity contribution in [2.45, 2.75) is 18.9 Å². The maximum atomic E-state index is 6.00. The molecule has 0 aliphatic heterocycles. The van der Waals surface area contributed by atoms with Crippen molar-refractivity contribution in [3.05, 3.63) is 29.9 Å². The fraction of sp³-hybridized carbons (Fsp3) is 0.545. The number of rotatable bonds is 6. The minimum atomic E-state index is -0.300. The highest BCUT2D eigenvalue weighted by atomic mass is 16.5. The molecule has 0 bridgehead atoms. The molecule has 2 heterocycles. The van der Waals surface area contributed by atoms with Crippen LogP contribution in [-0.2, 0) is 12.8 Å². The molecule has 2 aromatic heterocycles. The number of nitrogens with two attached hydrogens (primary N) is 1. The molecule has 98 valence electrons. The molecule has 0 aliphatic carbocycles. The molecule has 0 radical (unpaired) electrons. The molecule has 3 N–H and O–H groups in total. The lowest BCUT2D eigenvalue weighted by Gasteiger charge is -2.05. The van der Waals surface area contributed by atoms with E-state index in [0.717, 1.165) is 18.7 Å². The normalized spacial score (nSPS) is 13.1. The van der Waals surface area contributed by atoms with E-state index in [0.29, 0.717) is 18.1 Å². The third-order valence-electron chi connectivity index (χ3n) is 2.58. The molecule has 2 rings (SSSR count). The first kappa shape index (κ1) is 12.7. The molecule has 0 unspecified atom stereocenters. The predicted octanol–water partition coefficient (Wildman–Crippen LogP) is 0.139. The Balaban J connectivity index is 1.92. The van der Waals surface area contributed by atoms with E-state index in [-0.39, 0.29) is 6.04 Å². The number of aromatic amines is 1. The average Bonchev–Trinajstić information content (AvgIpc) is 2.96. The van der Waals surface area contributed by atoms with Crippen LogP contribution in [0.1, 0.15) is 23.5 Å². The van der Waals surface area contributed by atoms with Crippen molar-refractivity contribution in [3.63, 3.8) is 0 Å². The van der Waals surface area contributed by atoms with Gasteiger partial charge in [-0.05, 0) is 14.1 Å². The van der Waals surface area contributed by atoms with Gasteiger partial charge in [0.1, 0.15) is 0 Å². The van der Waals surface area contributed by atoms with Crippen LogP contribution >= 0.6 is 0 Å². The van der Waals surface area contributed by atoms with Crippen LogP contribution in [0.4, 0.5) is 0 Å². The summed E-state index contributed by atoms with van der Waals surface area (Å²) in [6.07, 6.45) is 4.73. The molecule has 7 nitrogen and oxygen atoms in total. The van der Waals surface area contributed by atoms with Crippen molar-refractivity contribution >= 4 is 0 Å². The van der Waals surface area contributed by atoms with Crippen molar-refractivity contribution in [1.29, 1.82) is 0 Å². The lowest BCUT2D eigenvalue weighted by Crippen LogP contribution is -2.16. The van der Waals surface area contributed by atoms with E-state index in [4.69, 9.17) is 10.3 Å². The molecular formula is C11H18N6O. The number of H-pyrrole nitrogens is 1. The minimum Gasteiger partial charge on any atom is -0.348 e. The number of hydrogen-bond acceptors (Lipinski definition) is 6. The van der Waals surface area contributed by atoms with Gasteiger partial charge in [0.15, 0.2) is 5.82 Å². The first-order chi connectivity index (χ1) is 8.65. The third-order valence-corrected chi connectivity index (χ3v) is 2.58. The van der Waals surface area contributed by atoms with Crippen LogP contribution in [0.2, 0.25) is 0 Å². The molecule has 0 spiro atoms. The summed E-state index contributed by atoms with van der Waals surface area (Å²) in [4.78, 5) is 13.3. The van der Waals surface area contributed by atoms with Gasteiger partial charge in [-0.1, -0.05) is 5.16 Å². The molecule has 0 aromatic carbocycles. The molecule has 0 aliphatic rings. The summed E-state index contributed by atoms with van der Waals surface area (Å²) in [6.45, 7) is 0.884. The molecule has 7 heteroatoms. The van der Waals surface area contributed by atoms with E-state index in [1.54, 1.807) is 12.5 Å². The third kappa shape index (κ3) is 3.38. The van der Waals surface area contributed by atoms with E-state index in [2.05, 4.69) is 25.0 Å². The number of nitrogens with zero attached hydrogens (tertiary/aromatic N) is 4. The van der Waals surface area contributed by atoms with E-state index < -0.39 is 0 Å². The zero-order valence-corrected chi connectivity index (χ0v) is 10.6. The Hall–Kier alpha value is -1.73. The van der Waals surface area contributed by atoms with Crippen LogP contribution in [0.3, 0.4) is 0 Å². The van der Waals surface area contributed by atoms with Gasteiger partial charge in [0.25, 0.3) is 0 Å². The van der Waals surface area contributed by atoms with Crippen LogP contribution in [0.15, 0.2) is 17.0 Å². The van der Waals surface area contributed by atoms with E-state index in [1.807, 2.05) is 14.1 Å². The van der Waals surface area contributed by atoms with Gasteiger partial charge in [-0.2, -0.15) is 4.98 Å². The predicted molar refractivity (Wildman–Crippen MR) is 65.8 cm³/mol. The van der Waals surface area contributed by atoms with Crippen molar-refractivity contribution in [1.82, 2.24) is 25.0 Å². The molecular weight excluding hydrogens is 232 g/mol. The smallest absolute Gasteiger partial charge is 0.243 e. The SMILES string of the molecule is CN(C)CCc1noc([C@H](N)Cc2cnc[nH]2)n1. The second-order valence-electron chi connectivity index (χ2n) is 4.49. The summed E-state index contributed by atoms with van der Waals surface area (Å²) in [5, 5.41) is 3.92. The van der Waals surface area contributed by atoms with Crippen LogP contribution in [0.5, 0.6) is 0 Å². The van der Waals surface area contributed by atoms with Crippen molar-refractivity contribution < 1.29 is 4.52 Å². The summed E-state index contributed by atoms with van der Waals surface area (Å²) in [6, 6.07) is -0.300. The first-order valence-corrected chi connectivity index (χ1v) is 5.85. The molecule has 1 atom stereocenters. The maximum Gasteiger partial charge on any atom is 0.243 e. The first-order valence-electron chi connectivity index (χ1n) is 5.85. The quantitative estimate of drug-likeness (QED) is 0.757. The number of likely N-dealkylation sites (N-methyl/N-ethyl adjacent to an activating group) is 1. The Kier molecular flexibility index (Phi) is 4.06. The fourth-order valence-electron chi connectivity index (χ4n) is 1.56. The fourth-order valence-corrected chi connectivity index (χ4v) is 1.56. The number of imidazole rings is 1.